The summed E-state index contributed by atoms with van der Waals surface area (Å²) in [5.74, 6) is 1.45. The summed E-state index contributed by atoms with van der Waals surface area (Å²) in [6, 6.07) is 21.2. The van der Waals surface area contributed by atoms with Crippen LogP contribution in [0, 0.1) is 10.8 Å². The molecular formula is C28H29N5O2. The molecule has 1 aromatic heterocycles. The van der Waals surface area contributed by atoms with E-state index in [2.05, 4.69) is 4.90 Å². The molecule has 4 N–H and O–H groups in total. The first-order valence-electron chi connectivity index (χ1n) is 11.8. The monoisotopic (exact) mass is 467 g/mol. The number of likely N-dealkylation sites (tertiary alicyclic amines) is 1. The van der Waals surface area contributed by atoms with Gasteiger partial charge < -0.3 is 19.9 Å². The van der Waals surface area contributed by atoms with E-state index in [1.165, 1.54) is 0 Å². The highest BCUT2D eigenvalue weighted by Gasteiger charge is 2.21. The molecule has 7 nitrogen and oxygen atoms in total. The number of piperidine rings is 1. The number of fused-ring (bicyclic) bond motifs is 2. The molecule has 1 fully saturated rings. The molecule has 0 unspecified atom stereocenters. The molecule has 1 saturated heterocycles. The largest absolute Gasteiger partial charge is 0.490 e. The molecule has 5 rings (SSSR count). The average molecular weight is 468 g/mol. The van der Waals surface area contributed by atoms with E-state index in [0.717, 1.165) is 58.9 Å². The SMILES string of the molecule is CC(=N)N1CCC(Oc2ccc3c(ccc(=O)n3Cc3ccc4ccc(C(=N)N)cc4c3)c2)CC1. The summed E-state index contributed by atoms with van der Waals surface area (Å²) in [6.07, 6.45) is 1.91. The highest BCUT2D eigenvalue weighted by Crippen LogP contribution is 2.25. The minimum Gasteiger partial charge on any atom is -0.490 e. The van der Waals surface area contributed by atoms with Crippen LogP contribution in [0.4, 0.5) is 0 Å². The third-order valence-electron chi connectivity index (χ3n) is 6.74. The predicted octanol–water partition coefficient (Wildman–Crippen LogP) is 4.33. The number of nitrogen functional groups attached to an aromatic ring is 1. The van der Waals surface area contributed by atoms with Crippen LogP contribution in [0.3, 0.4) is 0 Å². The van der Waals surface area contributed by atoms with Crippen molar-refractivity contribution < 1.29 is 4.74 Å². The lowest BCUT2D eigenvalue weighted by molar-refractivity contribution is 0.130. The van der Waals surface area contributed by atoms with Crippen molar-refractivity contribution in [3.05, 3.63) is 88.2 Å². The van der Waals surface area contributed by atoms with Crippen molar-refractivity contribution in [2.24, 2.45) is 5.73 Å². The Labute approximate surface area is 203 Å². The van der Waals surface area contributed by atoms with E-state index in [4.69, 9.17) is 21.3 Å². The van der Waals surface area contributed by atoms with Crippen molar-refractivity contribution in [2.45, 2.75) is 32.4 Å². The van der Waals surface area contributed by atoms with Crippen LogP contribution >= 0.6 is 0 Å². The summed E-state index contributed by atoms with van der Waals surface area (Å²) >= 11 is 0. The highest BCUT2D eigenvalue weighted by molar-refractivity contribution is 5.99. The molecule has 0 spiro atoms. The van der Waals surface area contributed by atoms with Gasteiger partial charge in [-0.1, -0.05) is 24.3 Å². The number of rotatable bonds is 5. The number of pyridine rings is 1. The van der Waals surface area contributed by atoms with Gasteiger partial charge in [0.05, 0.1) is 17.9 Å². The highest BCUT2D eigenvalue weighted by atomic mass is 16.5. The van der Waals surface area contributed by atoms with E-state index in [0.29, 0.717) is 17.9 Å². The number of nitrogens with zero attached hydrogens (tertiary/aromatic N) is 2. The van der Waals surface area contributed by atoms with E-state index in [1.807, 2.05) is 67.6 Å². The van der Waals surface area contributed by atoms with Crippen LogP contribution in [0.15, 0.2) is 71.5 Å². The topological polar surface area (TPSA) is 108 Å². The Bertz CT molecular complexity index is 1500. The van der Waals surface area contributed by atoms with Crippen molar-refractivity contribution in [3.63, 3.8) is 0 Å². The fourth-order valence-electron chi connectivity index (χ4n) is 4.76. The lowest BCUT2D eigenvalue weighted by Gasteiger charge is -2.32. The predicted molar refractivity (Wildman–Crippen MR) is 141 cm³/mol. The minimum atomic E-state index is -0.0573. The fourth-order valence-corrected chi connectivity index (χ4v) is 4.76. The normalized spacial score (nSPS) is 14.4. The van der Waals surface area contributed by atoms with Crippen molar-refractivity contribution in [1.82, 2.24) is 9.47 Å². The van der Waals surface area contributed by atoms with Gasteiger partial charge in [0.2, 0.25) is 0 Å². The van der Waals surface area contributed by atoms with Gasteiger partial charge in [0.1, 0.15) is 17.7 Å². The molecule has 0 saturated carbocycles. The lowest BCUT2D eigenvalue weighted by Crippen LogP contribution is -2.40. The molecule has 178 valence electrons. The molecule has 0 radical (unpaired) electrons. The van der Waals surface area contributed by atoms with Crippen molar-refractivity contribution in [2.75, 3.05) is 13.1 Å². The molecule has 0 aliphatic carbocycles. The van der Waals surface area contributed by atoms with Crippen LogP contribution < -0.4 is 16.0 Å². The molecule has 4 aromatic rings. The Kier molecular flexibility index (Phi) is 5.99. The number of amidine groups is 2. The van der Waals surface area contributed by atoms with Crippen LogP contribution in [0.5, 0.6) is 5.75 Å². The maximum Gasteiger partial charge on any atom is 0.251 e. The first kappa shape index (κ1) is 22.7. The maximum absolute atomic E-state index is 12.8. The zero-order valence-corrected chi connectivity index (χ0v) is 19.8. The molecular weight excluding hydrogens is 438 g/mol. The molecule has 2 heterocycles. The van der Waals surface area contributed by atoms with Crippen molar-refractivity contribution in [3.8, 4) is 5.75 Å². The second-order valence-electron chi connectivity index (χ2n) is 9.18. The van der Waals surface area contributed by atoms with Gasteiger partial charge in [-0.2, -0.15) is 0 Å². The van der Waals surface area contributed by atoms with Crippen LogP contribution in [0.1, 0.15) is 30.9 Å². The van der Waals surface area contributed by atoms with Crippen LogP contribution in [0.25, 0.3) is 21.7 Å². The molecule has 7 heteroatoms. The third-order valence-corrected chi connectivity index (χ3v) is 6.74. The number of aromatic nitrogens is 1. The Morgan fingerprint density at radius 3 is 2.43 bits per heavy atom. The minimum absolute atomic E-state index is 0.0380. The van der Waals surface area contributed by atoms with E-state index in [-0.39, 0.29) is 17.5 Å². The van der Waals surface area contributed by atoms with E-state index >= 15 is 0 Å². The smallest absolute Gasteiger partial charge is 0.251 e. The van der Waals surface area contributed by atoms with Crippen LogP contribution in [-0.2, 0) is 6.54 Å². The molecule has 3 aromatic carbocycles. The van der Waals surface area contributed by atoms with Gasteiger partial charge in [-0.15, -0.1) is 0 Å². The van der Waals surface area contributed by atoms with E-state index < -0.39 is 0 Å². The van der Waals surface area contributed by atoms with Gasteiger partial charge in [0, 0.05) is 42.9 Å². The zero-order valence-electron chi connectivity index (χ0n) is 19.8. The number of nitrogens with one attached hydrogen (secondary N) is 2. The van der Waals surface area contributed by atoms with Crippen molar-refractivity contribution >= 4 is 33.3 Å². The summed E-state index contributed by atoms with van der Waals surface area (Å²) in [7, 11) is 0. The quantitative estimate of drug-likeness (QED) is 0.300. The van der Waals surface area contributed by atoms with Crippen molar-refractivity contribution in [1.29, 1.82) is 10.8 Å². The lowest BCUT2D eigenvalue weighted by atomic mass is 10.0. The molecule has 35 heavy (non-hydrogen) atoms. The van der Waals surface area contributed by atoms with Gasteiger partial charge in [0.15, 0.2) is 0 Å². The van der Waals surface area contributed by atoms with Crippen LogP contribution in [-0.4, -0.2) is 40.3 Å². The summed E-state index contributed by atoms with van der Waals surface area (Å²) < 4.78 is 8.02. The van der Waals surface area contributed by atoms with Crippen LogP contribution in [0.2, 0.25) is 0 Å². The second-order valence-corrected chi connectivity index (χ2v) is 9.18. The molecule has 0 atom stereocenters. The maximum atomic E-state index is 12.8. The number of hydrogen-bond acceptors (Lipinski definition) is 4. The molecule has 0 bridgehead atoms. The number of hydrogen-bond donors (Lipinski definition) is 3. The van der Waals surface area contributed by atoms with E-state index in [9.17, 15) is 4.79 Å². The Balaban J connectivity index is 1.40. The van der Waals surface area contributed by atoms with Gasteiger partial charge in [-0.25, -0.2) is 0 Å². The Hall–Kier alpha value is -4.13. The van der Waals surface area contributed by atoms with Gasteiger partial charge in [-0.3, -0.25) is 15.6 Å². The standard InChI is InChI=1S/C28H29N5O2/c1-18(29)32-12-10-24(11-13-32)35-25-7-8-26-21(16-25)6-9-27(34)33(26)17-19-2-3-20-4-5-22(28(30)31)15-23(20)14-19/h2-9,14-16,24,29H,10-13,17H2,1H3,(H3,30,31). The fraction of sp³-hybridized carbons (Fsp3) is 0.250. The zero-order chi connectivity index (χ0) is 24.5. The van der Waals surface area contributed by atoms with E-state index in [1.54, 1.807) is 10.6 Å². The first-order valence-corrected chi connectivity index (χ1v) is 11.8. The summed E-state index contributed by atoms with van der Waals surface area (Å²) in [4.78, 5) is 14.9. The summed E-state index contributed by atoms with van der Waals surface area (Å²) in [6.45, 7) is 3.95. The third kappa shape index (κ3) is 4.75. The van der Waals surface area contributed by atoms with Gasteiger partial charge >= 0.3 is 0 Å². The molecule has 1 aliphatic rings. The number of nitrogens with two attached hydrogens (primary N) is 1. The first-order chi connectivity index (χ1) is 16.9. The van der Waals surface area contributed by atoms with Gasteiger partial charge in [0.25, 0.3) is 5.56 Å². The van der Waals surface area contributed by atoms with Gasteiger partial charge in [-0.05, 0) is 59.7 Å². The average Bonchev–Trinajstić information content (AvgIpc) is 2.85. The Morgan fingerprint density at radius 1 is 0.943 bits per heavy atom. The number of ether oxygens (including phenoxy) is 1. The summed E-state index contributed by atoms with van der Waals surface area (Å²) in [5, 5.41) is 18.5. The number of benzene rings is 3. The second kappa shape index (κ2) is 9.25. The Morgan fingerprint density at radius 2 is 1.69 bits per heavy atom. The molecule has 1 aliphatic heterocycles. The summed E-state index contributed by atoms with van der Waals surface area (Å²) in [5.41, 5.74) is 8.14. The molecule has 0 amide bonds.